The predicted octanol–water partition coefficient (Wildman–Crippen LogP) is 2.39. The van der Waals surface area contributed by atoms with Crippen molar-refractivity contribution in [1.82, 2.24) is 15.6 Å². The average Bonchev–Trinajstić information content (AvgIpc) is 2.75. The van der Waals surface area contributed by atoms with Gasteiger partial charge in [0.1, 0.15) is 5.52 Å². The summed E-state index contributed by atoms with van der Waals surface area (Å²) < 4.78 is 5.42. The van der Waals surface area contributed by atoms with Crippen LogP contribution in [0, 0.1) is 6.92 Å². The van der Waals surface area contributed by atoms with E-state index >= 15 is 0 Å². The van der Waals surface area contributed by atoms with Crippen LogP contribution in [0.4, 0.5) is 4.79 Å². The Bertz CT molecular complexity index is 563. The third-order valence-electron chi connectivity index (χ3n) is 2.79. The van der Waals surface area contributed by atoms with Gasteiger partial charge in [0.2, 0.25) is 0 Å². The van der Waals surface area contributed by atoms with E-state index in [2.05, 4.69) is 15.6 Å². The molecule has 19 heavy (non-hydrogen) atoms. The van der Waals surface area contributed by atoms with Crippen LogP contribution in [0.3, 0.4) is 0 Å². The maximum Gasteiger partial charge on any atom is 0.314 e. The highest BCUT2D eigenvalue weighted by molar-refractivity contribution is 5.74. The second-order valence-corrected chi connectivity index (χ2v) is 4.47. The molecule has 1 heterocycles. The first-order chi connectivity index (χ1) is 9.19. The fourth-order valence-electron chi connectivity index (χ4n) is 1.87. The molecule has 0 aliphatic carbocycles. The summed E-state index contributed by atoms with van der Waals surface area (Å²) in [5, 5.41) is 5.60. The Morgan fingerprint density at radius 3 is 2.89 bits per heavy atom. The van der Waals surface area contributed by atoms with Gasteiger partial charge in [-0.2, -0.15) is 0 Å². The molecule has 0 unspecified atom stereocenters. The molecule has 0 saturated heterocycles. The van der Waals surface area contributed by atoms with Gasteiger partial charge in [0.15, 0.2) is 11.5 Å². The lowest BCUT2D eigenvalue weighted by Gasteiger charge is -2.06. The molecular weight excluding hydrogens is 242 g/mol. The van der Waals surface area contributed by atoms with Gasteiger partial charge in [-0.3, -0.25) is 0 Å². The maximum atomic E-state index is 11.4. The lowest BCUT2D eigenvalue weighted by atomic mass is 10.1. The summed E-state index contributed by atoms with van der Waals surface area (Å²) in [5.74, 6) is 0.671. The molecule has 102 valence electrons. The summed E-state index contributed by atoms with van der Waals surface area (Å²) in [6, 6.07) is 5.80. The largest absolute Gasteiger partial charge is 0.441 e. The molecule has 0 aliphatic heterocycles. The van der Waals surface area contributed by atoms with E-state index in [1.165, 1.54) is 0 Å². The molecule has 0 aliphatic rings. The van der Waals surface area contributed by atoms with Crippen molar-refractivity contribution in [3.8, 4) is 0 Å². The first-order valence-electron chi connectivity index (χ1n) is 6.57. The van der Waals surface area contributed by atoms with Crippen LogP contribution in [-0.4, -0.2) is 24.1 Å². The van der Waals surface area contributed by atoms with E-state index in [1.54, 1.807) is 0 Å². The molecule has 0 saturated carbocycles. The van der Waals surface area contributed by atoms with Crippen LogP contribution in [0.25, 0.3) is 11.1 Å². The van der Waals surface area contributed by atoms with Gasteiger partial charge in [-0.25, -0.2) is 9.78 Å². The molecule has 2 rings (SSSR count). The van der Waals surface area contributed by atoms with E-state index in [0.29, 0.717) is 19.0 Å². The van der Waals surface area contributed by atoms with Crippen LogP contribution in [0.15, 0.2) is 22.6 Å². The van der Waals surface area contributed by atoms with Crippen LogP contribution < -0.4 is 10.6 Å². The molecular formula is C14H19N3O2. The molecule has 1 aromatic heterocycles. The van der Waals surface area contributed by atoms with E-state index in [4.69, 9.17) is 4.42 Å². The first-order valence-corrected chi connectivity index (χ1v) is 6.57. The third-order valence-corrected chi connectivity index (χ3v) is 2.79. The maximum absolute atomic E-state index is 11.4. The summed E-state index contributed by atoms with van der Waals surface area (Å²) in [6.45, 7) is 5.17. The minimum atomic E-state index is -0.111. The number of carbonyl (C=O) groups excluding carboxylic acids is 1. The Morgan fingerprint density at radius 1 is 1.32 bits per heavy atom. The van der Waals surface area contributed by atoms with Gasteiger partial charge in [0.25, 0.3) is 0 Å². The number of hydrogen-bond acceptors (Lipinski definition) is 3. The smallest absolute Gasteiger partial charge is 0.314 e. The molecule has 2 N–H and O–H groups in total. The molecule has 0 radical (unpaired) electrons. The van der Waals surface area contributed by atoms with Crippen molar-refractivity contribution >= 4 is 17.1 Å². The molecule has 0 fully saturated rings. The summed E-state index contributed by atoms with van der Waals surface area (Å²) in [7, 11) is 0. The van der Waals surface area contributed by atoms with E-state index in [9.17, 15) is 4.79 Å². The minimum Gasteiger partial charge on any atom is -0.441 e. The molecule has 0 atom stereocenters. The minimum absolute atomic E-state index is 0.111. The highest BCUT2D eigenvalue weighted by Crippen LogP contribution is 2.16. The molecule has 0 bridgehead atoms. The number of nitrogens with one attached hydrogen (secondary N) is 2. The number of oxazole rings is 1. The number of fused-ring (bicyclic) bond motifs is 1. The molecule has 1 aromatic carbocycles. The Balaban J connectivity index is 1.86. The summed E-state index contributed by atoms with van der Waals surface area (Å²) in [6.07, 6.45) is 1.72. The summed E-state index contributed by atoms with van der Waals surface area (Å²) in [4.78, 5) is 15.6. The topological polar surface area (TPSA) is 67.2 Å². The van der Waals surface area contributed by atoms with Crippen LogP contribution >= 0.6 is 0 Å². The number of urea groups is 1. The van der Waals surface area contributed by atoms with E-state index < -0.39 is 0 Å². The highest BCUT2D eigenvalue weighted by atomic mass is 16.3. The third kappa shape index (κ3) is 3.71. The van der Waals surface area contributed by atoms with Crippen LogP contribution in [-0.2, 0) is 6.42 Å². The SMILES string of the molecule is CCCNC(=O)NCCc1ccc2oc(C)nc2c1. The average molecular weight is 261 g/mol. The first kappa shape index (κ1) is 13.4. The van der Waals surface area contributed by atoms with Crippen molar-refractivity contribution in [2.45, 2.75) is 26.7 Å². The fourth-order valence-corrected chi connectivity index (χ4v) is 1.87. The van der Waals surface area contributed by atoms with Gasteiger partial charge in [-0.1, -0.05) is 13.0 Å². The van der Waals surface area contributed by atoms with E-state index in [1.807, 2.05) is 32.0 Å². The zero-order valence-corrected chi connectivity index (χ0v) is 11.3. The van der Waals surface area contributed by atoms with Crippen molar-refractivity contribution in [2.24, 2.45) is 0 Å². The molecule has 5 nitrogen and oxygen atoms in total. The number of carbonyl (C=O) groups is 1. The van der Waals surface area contributed by atoms with Crippen molar-refractivity contribution in [3.05, 3.63) is 29.7 Å². The van der Waals surface area contributed by atoms with Gasteiger partial charge in [-0.15, -0.1) is 0 Å². The number of aromatic nitrogens is 1. The number of benzene rings is 1. The van der Waals surface area contributed by atoms with Crippen LogP contribution in [0.5, 0.6) is 0 Å². The van der Waals surface area contributed by atoms with Crippen LogP contribution in [0.1, 0.15) is 24.8 Å². The Labute approximate surface area is 112 Å². The highest BCUT2D eigenvalue weighted by Gasteiger charge is 2.04. The van der Waals surface area contributed by atoms with Gasteiger partial charge in [0.05, 0.1) is 0 Å². The van der Waals surface area contributed by atoms with Gasteiger partial charge >= 0.3 is 6.03 Å². The predicted molar refractivity (Wildman–Crippen MR) is 74.1 cm³/mol. The number of nitrogens with zero attached hydrogens (tertiary/aromatic N) is 1. The lowest BCUT2D eigenvalue weighted by Crippen LogP contribution is -2.36. The zero-order chi connectivity index (χ0) is 13.7. The number of hydrogen-bond donors (Lipinski definition) is 2. The molecule has 2 aromatic rings. The van der Waals surface area contributed by atoms with E-state index in [0.717, 1.165) is 29.5 Å². The van der Waals surface area contributed by atoms with Gasteiger partial charge < -0.3 is 15.1 Å². The van der Waals surface area contributed by atoms with Crippen molar-refractivity contribution < 1.29 is 9.21 Å². The van der Waals surface area contributed by atoms with E-state index in [-0.39, 0.29) is 6.03 Å². The Kier molecular flexibility index (Phi) is 4.39. The van der Waals surface area contributed by atoms with Crippen LogP contribution in [0.2, 0.25) is 0 Å². The molecule has 0 spiro atoms. The second-order valence-electron chi connectivity index (χ2n) is 4.47. The lowest BCUT2D eigenvalue weighted by molar-refractivity contribution is 0.241. The fraction of sp³-hybridized carbons (Fsp3) is 0.429. The van der Waals surface area contributed by atoms with Gasteiger partial charge in [-0.05, 0) is 30.5 Å². The zero-order valence-electron chi connectivity index (χ0n) is 11.3. The summed E-state index contributed by atoms with van der Waals surface area (Å²) in [5.41, 5.74) is 2.80. The second kappa shape index (κ2) is 6.22. The molecule has 5 heteroatoms. The number of aryl methyl sites for hydroxylation is 1. The molecule has 2 amide bonds. The Morgan fingerprint density at radius 2 is 2.11 bits per heavy atom. The standard InChI is InChI=1S/C14H19N3O2/c1-3-7-15-14(18)16-8-6-11-4-5-13-12(9-11)17-10(2)19-13/h4-5,9H,3,6-8H2,1-2H3,(H2,15,16,18). The Hall–Kier alpha value is -2.04. The number of amides is 2. The van der Waals surface area contributed by atoms with Crippen molar-refractivity contribution in [1.29, 1.82) is 0 Å². The monoisotopic (exact) mass is 261 g/mol. The van der Waals surface area contributed by atoms with Crippen molar-refractivity contribution in [2.75, 3.05) is 13.1 Å². The summed E-state index contributed by atoms with van der Waals surface area (Å²) >= 11 is 0. The van der Waals surface area contributed by atoms with Gasteiger partial charge in [0, 0.05) is 20.0 Å². The normalized spacial score (nSPS) is 10.6. The quantitative estimate of drug-likeness (QED) is 0.868. The number of rotatable bonds is 5. The van der Waals surface area contributed by atoms with Crippen molar-refractivity contribution in [3.63, 3.8) is 0 Å².